The van der Waals surface area contributed by atoms with Crippen molar-refractivity contribution < 1.29 is 14.6 Å². The number of aromatic nitrogens is 1. The lowest BCUT2D eigenvalue weighted by Gasteiger charge is -2.06. The molecule has 1 heterocycles. The maximum absolute atomic E-state index is 11.6. The smallest absolute Gasteiger partial charge is 0.358 e. The summed E-state index contributed by atoms with van der Waals surface area (Å²) in [6.45, 7) is 1.95. The number of phenols is 1. The van der Waals surface area contributed by atoms with Crippen molar-refractivity contribution in [3.8, 4) is 16.9 Å². The number of hydrogen-bond donors (Lipinski definition) is 1. The van der Waals surface area contributed by atoms with E-state index in [0.29, 0.717) is 5.69 Å². The highest BCUT2D eigenvalue weighted by atomic mass is 32.1. The summed E-state index contributed by atoms with van der Waals surface area (Å²) in [6.07, 6.45) is 0. The van der Waals surface area contributed by atoms with E-state index in [1.165, 1.54) is 18.6 Å². The molecule has 0 saturated heterocycles. The zero-order chi connectivity index (χ0) is 15.0. The first kappa shape index (κ1) is 13.6. The van der Waals surface area contributed by atoms with Crippen LogP contribution in [0.1, 0.15) is 16.1 Å². The van der Waals surface area contributed by atoms with Crippen LogP contribution in [0.4, 0.5) is 0 Å². The van der Waals surface area contributed by atoms with E-state index < -0.39 is 5.97 Å². The van der Waals surface area contributed by atoms with Crippen LogP contribution in [-0.4, -0.2) is 22.6 Å². The Hall–Kier alpha value is -2.40. The molecule has 1 N–H and O–H groups in total. The first-order valence-electron chi connectivity index (χ1n) is 6.38. The van der Waals surface area contributed by atoms with Gasteiger partial charge in [0, 0.05) is 5.39 Å². The number of ether oxygens (including phenoxy) is 1. The molecule has 0 saturated carbocycles. The Balaban J connectivity index is 2.12. The maximum atomic E-state index is 11.6. The predicted molar refractivity (Wildman–Crippen MR) is 82.8 cm³/mol. The summed E-state index contributed by atoms with van der Waals surface area (Å²) < 4.78 is 9.82. The number of methoxy groups -OCH3 is 1. The van der Waals surface area contributed by atoms with E-state index in [1.807, 2.05) is 31.2 Å². The molecule has 1 aromatic heterocycles. The number of carbonyl (C=O) groups excluding carboxylic acids is 1. The molecule has 0 unspecified atom stereocenters. The highest BCUT2D eigenvalue weighted by Crippen LogP contribution is 2.31. The van der Waals surface area contributed by atoms with Gasteiger partial charge in [-0.2, -0.15) is 4.37 Å². The minimum absolute atomic E-state index is 0.253. The van der Waals surface area contributed by atoms with Crippen LogP contribution in [0.3, 0.4) is 0 Å². The first-order valence-corrected chi connectivity index (χ1v) is 7.15. The summed E-state index contributed by atoms with van der Waals surface area (Å²) >= 11 is 1.28. The van der Waals surface area contributed by atoms with Crippen LogP contribution in [0.2, 0.25) is 0 Å². The molecule has 4 nitrogen and oxygen atoms in total. The van der Waals surface area contributed by atoms with E-state index in [4.69, 9.17) is 4.74 Å². The quantitative estimate of drug-likeness (QED) is 0.732. The number of aryl methyl sites for hydroxylation is 1. The molecule has 0 aliphatic rings. The largest absolute Gasteiger partial charge is 0.508 e. The standard InChI is InChI=1S/C16H13NO3S/c1-9-7-11(18)4-6-12(9)10-3-5-13-14(8-10)21-17-15(13)16(19)20-2/h3-8,18H,1-2H3. The molecular formula is C16H13NO3S. The molecule has 106 valence electrons. The van der Waals surface area contributed by atoms with Gasteiger partial charge in [-0.15, -0.1) is 0 Å². The van der Waals surface area contributed by atoms with Gasteiger partial charge in [-0.05, 0) is 53.3 Å². The zero-order valence-corrected chi connectivity index (χ0v) is 12.4. The Labute approximate surface area is 125 Å². The highest BCUT2D eigenvalue weighted by molar-refractivity contribution is 7.13. The molecule has 0 bridgehead atoms. The number of hydrogen-bond acceptors (Lipinski definition) is 5. The van der Waals surface area contributed by atoms with Crippen molar-refractivity contribution >= 4 is 27.6 Å². The van der Waals surface area contributed by atoms with Crippen molar-refractivity contribution in [3.05, 3.63) is 47.7 Å². The van der Waals surface area contributed by atoms with E-state index in [-0.39, 0.29) is 5.75 Å². The lowest BCUT2D eigenvalue weighted by Crippen LogP contribution is -2.01. The Bertz CT molecular complexity index is 839. The Morgan fingerprint density at radius 1 is 1.24 bits per heavy atom. The molecule has 0 atom stereocenters. The molecule has 0 fully saturated rings. The molecule has 0 radical (unpaired) electrons. The molecular weight excluding hydrogens is 286 g/mol. The summed E-state index contributed by atoms with van der Waals surface area (Å²) in [6, 6.07) is 11.1. The van der Waals surface area contributed by atoms with Crippen LogP contribution in [-0.2, 0) is 4.74 Å². The van der Waals surface area contributed by atoms with Crippen molar-refractivity contribution in [1.29, 1.82) is 0 Å². The molecule has 5 heteroatoms. The number of nitrogens with zero attached hydrogens (tertiary/aromatic N) is 1. The van der Waals surface area contributed by atoms with Gasteiger partial charge < -0.3 is 9.84 Å². The highest BCUT2D eigenvalue weighted by Gasteiger charge is 2.15. The molecule has 3 rings (SSSR count). The number of phenolic OH excluding ortho intramolecular Hbond substituents is 1. The molecule has 0 amide bonds. The van der Waals surface area contributed by atoms with E-state index in [0.717, 1.165) is 26.8 Å². The van der Waals surface area contributed by atoms with Gasteiger partial charge in [0.25, 0.3) is 0 Å². The minimum atomic E-state index is -0.421. The normalized spacial score (nSPS) is 10.8. The van der Waals surface area contributed by atoms with Crippen molar-refractivity contribution in [1.82, 2.24) is 4.37 Å². The van der Waals surface area contributed by atoms with E-state index in [2.05, 4.69) is 4.37 Å². The summed E-state index contributed by atoms with van der Waals surface area (Å²) in [5.41, 5.74) is 3.42. The van der Waals surface area contributed by atoms with Gasteiger partial charge in [0.05, 0.1) is 11.8 Å². The van der Waals surface area contributed by atoms with Gasteiger partial charge in [-0.3, -0.25) is 0 Å². The fourth-order valence-corrected chi connectivity index (χ4v) is 3.13. The van der Waals surface area contributed by atoms with Gasteiger partial charge in [-0.25, -0.2) is 4.79 Å². The molecule has 21 heavy (non-hydrogen) atoms. The third-order valence-electron chi connectivity index (χ3n) is 3.37. The van der Waals surface area contributed by atoms with Gasteiger partial charge in [0.1, 0.15) is 5.75 Å². The lowest BCUT2D eigenvalue weighted by atomic mass is 9.99. The van der Waals surface area contributed by atoms with Crippen LogP contribution < -0.4 is 0 Å². The van der Waals surface area contributed by atoms with E-state index in [9.17, 15) is 9.90 Å². The number of aromatic hydroxyl groups is 1. The molecule has 2 aromatic carbocycles. The first-order chi connectivity index (χ1) is 10.1. The Morgan fingerprint density at radius 2 is 2.05 bits per heavy atom. The molecule has 0 spiro atoms. The van der Waals surface area contributed by atoms with Crippen LogP contribution in [0.25, 0.3) is 21.2 Å². The monoisotopic (exact) mass is 299 g/mol. The average molecular weight is 299 g/mol. The van der Waals surface area contributed by atoms with Gasteiger partial charge in [0.2, 0.25) is 0 Å². The number of carbonyl (C=O) groups is 1. The fourth-order valence-electron chi connectivity index (χ4n) is 2.32. The third-order valence-corrected chi connectivity index (χ3v) is 4.18. The Kier molecular flexibility index (Phi) is 3.35. The number of rotatable bonds is 2. The second kappa shape index (κ2) is 5.18. The second-order valence-electron chi connectivity index (χ2n) is 4.73. The number of benzene rings is 2. The lowest BCUT2D eigenvalue weighted by molar-refractivity contribution is 0.0598. The van der Waals surface area contributed by atoms with Crippen molar-refractivity contribution in [2.24, 2.45) is 0 Å². The Morgan fingerprint density at radius 3 is 2.76 bits per heavy atom. The SMILES string of the molecule is COC(=O)c1nsc2cc(-c3ccc(O)cc3C)ccc12. The van der Waals surface area contributed by atoms with Crippen molar-refractivity contribution in [3.63, 3.8) is 0 Å². The fraction of sp³-hybridized carbons (Fsp3) is 0.125. The van der Waals surface area contributed by atoms with Crippen molar-refractivity contribution in [2.45, 2.75) is 6.92 Å². The summed E-state index contributed by atoms with van der Waals surface area (Å²) in [5.74, 6) is -0.169. The minimum Gasteiger partial charge on any atom is -0.508 e. The van der Waals surface area contributed by atoms with E-state index in [1.54, 1.807) is 12.1 Å². The molecule has 3 aromatic rings. The topological polar surface area (TPSA) is 59.4 Å². The van der Waals surface area contributed by atoms with Crippen LogP contribution >= 0.6 is 11.5 Å². The summed E-state index contributed by atoms with van der Waals surface area (Å²) in [4.78, 5) is 11.6. The third kappa shape index (κ3) is 2.36. The van der Waals surface area contributed by atoms with E-state index >= 15 is 0 Å². The van der Waals surface area contributed by atoms with Crippen molar-refractivity contribution in [2.75, 3.05) is 7.11 Å². The van der Waals surface area contributed by atoms with Crippen LogP contribution in [0.5, 0.6) is 5.75 Å². The van der Waals surface area contributed by atoms with Gasteiger partial charge >= 0.3 is 5.97 Å². The summed E-state index contributed by atoms with van der Waals surface area (Å²) in [7, 11) is 1.35. The average Bonchev–Trinajstić information content (AvgIpc) is 2.89. The molecule has 0 aliphatic heterocycles. The second-order valence-corrected chi connectivity index (χ2v) is 5.54. The number of fused-ring (bicyclic) bond motifs is 1. The predicted octanol–water partition coefficient (Wildman–Crippen LogP) is 3.76. The van der Waals surface area contributed by atoms with Gasteiger partial charge in [-0.1, -0.05) is 18.2 Å². The van der Waals surface area contributed by atoms with Gasteiger partial charge in [0.15, 0.2) is 5.69 Å². The zero-order valence-electron chi connectivity index (χ0n) is 11.6. The summed E-state index contributed by atoms with van der Waals surface area (Å²) in [5, 5.41) is 10.3. The van der Waals surface area contributed by atoms with Crippen LogP contribution in [0.15, 0.2) is 36.4 Å². The maximum Gasteiger partial charge on any atom is 0.358 e. The number of esters is 1. The molecule has 0 aliphatic carbocycles. The van der Waals surface area contributed by atoms with Crippen LogP contribution in [0, 0.1) is 6.92 Å².